The van der Waals surface area contributed by atoms with Crippen molar-refractivity contribution in [3.05, 3.63) is 34.9 Å². The van der Waals surface area contributed by atoms with Crippen molar-refractivity contribution < 1.29 is 5.11 Å². The van der Waals surface area contributed by atoms with Crippen LogP contribution in [0.2, 0.25) is 5.02 Å². The fourth-order valence-electron chi connectivity index (χ4n) is 3.49. The molecular formula is C17H25ClO. The van der Waals surface area contributed by atoms with E-state index in [0.29, 0.717) is 18.3 Å². The Morgan fingerprint density at radius 1 is 1.37 bits per heavy atom. The van der Waals surface area contributed by atoms with Crippen LogP contribution in [0.3, 0.4) is 0 Å². The monoisotopic (exact) mass is 280 g/mol. The van der Waals surface area contributed by atoms with Crippen molar-refractivity contribution in [3.8, 4) is 0 Å². The van der Waals surface area contributed by atoms with E-state index >= 15 is 0 Å². The van der Waals surface area contributed by atoms with Gasteiger partial charge in [0.05, 0.1) is 5.60 Å². The van der Waals surface area contributed by atoms with E-state index in [1.165, 1.54) is 12.8 Å². The third-order valence-corrected chi connectivity index (χ3v) is 4.57. The van der Waals surface area contributed by atoms with Crippen LogP contribution in [-0.2, 0) is 6.42 Å². The van der Waals surface area contributed by atoms with Crippen LogP contribution in [0.1, 0.15) is 51.5 Å². The summed E-state index contributed by atoms with van der Waals surface area (Å²) in [6.07, 6.45) is 6.16. The fraction of sp³-hybridized carbons (Fsp3) is 0.647. The summed E-state index contributed by atoms with van der Waals surface area (Å²) < 4.78 is 0. The standard InChI is InChI=1S/C17H25ClO/c1-13(2)10-14-6-5-9-17(19,11-14)12-15-7-3-4-8-16(15)18/h3-4,7-8,13-14,19H,5-6,9-12H2,1-2H3. The molecule has 1 N–H and O–H groups in total. The van der Waals surface area contributed by atoms with Crippen LogP contribution in [-0.4, -0.2) is 10.7 Å². The van der Waals surface area contributed by atoms with Crippen LogP contribution >= 0.6 is 11.6 Å². The van der Waals surface area contributed by atoms with Gasteiger partial charge in [-0.15, -0.1) is 0 Å². The minimum absolute atomic E-state index is 0.553. The number of aliphatic hydroxyl groups is 1. The Hall–Kier alpha value is -0.530. The Labute approximate surface area is 122 Å². The molecule has 1 aromatic carbocycles. The van der Waals surface area contributed by atoms with Gasteiger partial charge in [-0.3, -0.25) is 0 Å². The van der Waals surface area contributed by atoms with Gasteiger partial charge in [-0.05, 0) is 42.7 Å². The molecule has 2 rings (SSSR count). The van der Waals surface area contributed by atoms with Gasteiger partial charge in [0.2, 0.25) is 0 Å². The molecular weight excluding hydrogens is 256 g/mol. The summed E-state index contributed by atoms with van der Waals surface area (Å²) in [7, 11) is 0. The molecule has 0 bridgehead atoms. The quantitative estimate of drug-likeness (QED) is 0.836. The van der Waals surface area contributed by atoms with Crippen molar-refractivity contribution in [2.75, 3.05) is 0 Å². The number of hydrogen-bond donors (Lipinski definition) is 1. The Kier molecular flexibility index (Phi) is 4.92. The average Bonchev–Trinajstić information content (AvgIpc) is 2.31. The minimum Gasteiger partial charge on any atom is -0.390 e. The van der Waals surface area contributed by atoms with Gasteiger partial charge in [-0.25, -0.2) is 0 Å². The molecule has 1 nitrogen and oxygen atoms in total. The lowest BCUT2D eigenvalue weighted by molar-refractivity contribution is -0.0189. The highest BCUT2D eigenvalue weighted by molar-refractivity contribution is 6.31. The molecule has 1 fully saturated rings. The van der Waals surface area contributed by atoms with E-state index in [0.717, 1.165) is 29.8 Å². The summed E-state index contributed by atoms with van der Waals surface area (Å²) in [6, 6.07) is 7.89. The zero-order valence-electron chi connectivity index (χ0n) is 12.0. The first-order valence-corrected chi connectivity index (χ1v) is 7.82. The van der Waals surface area contributed by atoms with Crippen LogP contribution in [0.25, 0.3) is 0 Å². The van der Waals surface area contributed by atoms with E-state index in [1.54, 1.807) is 0 Å². The summed E-state index contributed by atoms with van der Waals surface area (Å²) in [6.45, 7) is 4.53. The first-order chi connectivity index (χ1) is 8.98. The Bertz CT molecular complexity index is 415. The maximum atomic E-state index is 10.9. The first kappa shape index (κ1) is 14.9. The van der Waals surface area contributed by atoms with E-state index < -0.39 is 5.60 Å². The number of hydrogen-bond acceptors (Lipinski definition) is 1. The van der Waals surface area contributed by atoms with Gasteiger partial charge in [0.25, 0.3) is 0 Å². The largest absolute Gasteiger partial charge is 0.390 e. The van der Waals surface area contributed by atoms with Gasteiger partial charge >= 0.3 is 0 Å². The predicted octanol–water partition coefficient (Wildman–Crippen LogP) is 4.85. The van der Waals surface area contributed by atoms with Crippen molar-refractivity contribution in [1.82, 2.24) is 0 Å². The zero-order valence-corrected chi connectivity index (χ0v) is 12.8. The molecule has 1 aromatic rings. The highest BCUT2D eigenvalue weighted by atomic mass is 35.5. The Morgan fingerprint density at radius 2 is 2.11 bits per heavy atom. The number of halogens is 1. The molecule has 0 saturated heterocycles. The van der Waals surface area contributed by atoms with Crippen LogP contribution in [0.5, 0.6) is 0 Å². The molecule has 19 heavy (non-hydrogen) atoms. The Morgan fingerprint density at radius 3 is 2.79 bits per heavy atom. The van der Waals surface area contributed by atoms with Crippen molar-refractivity contribution >= 4 is 11.6 Å². The van der Waals surface area contributed by atoms with Crippen molar-refractivity contribution in [2.45, 2.75) is 58.0 Å². The highest BCUT2D eigenvalue weighted by Gasteiger charge is 2.34. The second-order valence-electron chi connectivity index (χ2n) is 6.58. The van der Waals surface area contributed by atoms with E-state index in [1.807, 2.05) is 24.3 Å². The molecule has 0 aliphatic heterocycles. The summed E-state index contributed by atoms with van der Waals surface area (Å²) in [4.78, 5) is 0. The van der Waals surface area contributed by atoms with Gasteiger partial charge in [0.15, 0.2) is 0 Å². The van der Waals surface area contributed by atoms with Gasteiger partial charge < -0.3 is 5.11 Å². The first-order valence-electron chi connectivity index (χ1n) is 7.44. The highest BCUT2D eigenvalue weighted by Crippen LogP contribution is 2.38. The molecule has 0 spiro atoms. The number of rotatable bonds is 4. The lowest BCUT2D eigenvalue weighted by Gasteiger charge is -2.38. The molecule has 1 saturated carbocycles. The SMILES string of the molecule is CC(C)CC1CCCC(O)(Cc2ccccc2Cl)C1. The zero-order chi connectivity index (χ0) is 13.9. The van der Waals surface area contributed by atoms with E-state index in [9.17, 15) is 5.11 Å². The van der Waals surface area contributed by atoms with Crippen LogP contribution < -0.4 is 0 Å². The topological polar surface area (TPSA) is 20.2 Å². The number of benzene rings is 1. The van der Waals surface area contributed by atoms with E-state index in [-0.39, 0.29) is 0 Å². The molecule has 0 radical (unpaired) electrons. The average molecular weight is 281 g/mol. The summed E-state index contributed by atoms with van der Waals surface area (Å²) in [5, 5.41) is 11.7. The molecule has 2 atom stereocenters. The molecule has 2 heteroatoms. The lowest BCUT2D eigenvalue weighted by Crippen LogP contribution is -2.37. The minimum atomic E-state index is -0.553. The smallest absolute Gasteiger partial charge is 0.0691 e. The summed E-state index contributed by atoms with van der Waals surface area (Å²) in [5.74, 6) is 1.38. The molecule has 2 unspecified atom stereocenters. The Balaban J connectivity index is 2.03. The molecule has 0 heterocycles. The second kappa shape index (κ2) is 6.28. The fourth-order valence-corrected chi connectivity index (χ4v) is 3.69. The molecule has 106 valence electrons. The predicted molar refractivity (Wildman–Crippen MR) is 81.5 cm³/mol. The van der Waals surface area contributed by atoms with E-state index in [2.05, 4.69) is 13.8 Å². The van der Waals surface area contributed by atoms with E-state index in [4.69, 9.17) is 11.6 Å². The van der Waals surface area contributed by atoms with Gasteiger partial charge in [-0.2, -0.15) is 0 Å². The van der Waals surface area contributed by atoms with Crippen LogP contribution in [0, 0.1) is 11.8 Å². The van der Waals surface area contributed by atoms with Crippen molar-refractivity contribution in [2.24, 2.45) is 11.8 Å². The maximum Gasteiger partial charge on any atom is 0.0691 e. The molecule has 0 aromatic heterocycles. The molecule has 1 aliphatic carbocycles. The van der Waals surface area contributed by atoms with Crippen molar-refractivity contribution in [1.29, 1.82) is 0 Å². The lowest BCUT2D eigenvalue weighted by atomic mass is 9.73. The van der Waals surface area contributed by atoms with Crippen molar-refractivity contribution in [3.63, 3.8) is 0 Å². The normalized spacial score (nSPS) is 27.7. The summed E-state index contributed by atoms with van der Waals surface area (Å²) in [5.41, 5.74) is 0.528. The maximum absolute atomic E-state index is 10.9. The molecule has 1 aliphatic rings. The van der Waals surface area contributed by atoms with Gasteiger partial charge in [0, 0.05) is 11.4 Å². The van der Waals surface area contributed by atoms with Gasteiger partial charge in [0.1, 0.15) is 0 Å². The third-order valence-electron chi connectivity index (χ3n) is 4.21. The van der Waals surface area contributed by atoms with Crippen LogP contribution in [0.15, 0.2) is 24.3 Å². The second-order valence-corrected chi connectivity index (χ2v) is 6.99. The summed E-state index contributed by atoms with van der Waals surface area (Å²) >= 11 is 6.22. The molecule has 0 amide bonds. The van der Waals surface area contributed by atoms with Gasteiger partial charge in [-0.1, -0.05) is 56.5 Å². The third kappa shape index (κ3) is 4.22. The van der Waals surface area contributed by atoms with Crippen LogP contribution in [0.4, 0.5) is 0 Å².